The molecule has 4 nitrogen and oxygen atoms in total. The van der Waals surface area contributed by atoms with E-state index in [9.17, 15) is 9.90 Å². The van der Waals surface area contributed by atoms with E-state index in [0.29, 0.717) is 10.7 Å². The molecule has 0 aromatic heterocycles. The summed E-state index contributed by atoms with van der Waals surface area (Å²) in [6.07, 6.45) is 1.74. The summed E-state index contributed by atoms with van der Waals surface area (Å²) in [7, 11) is 0. The van der Waals surface area contributed by atoms with Gasteiger partial charge in [0, 0.05) is 11.8 Å². The van der Waals surface area contributed by atoms with Crippen molar-refractivity contribution in [2.75, 3.05) is 17.6 Å². The normalized spacial score (nSPS) is 24.9. The summed E-state index contributed by atoms with van der Waals surface area (Å²) in [5.41, 5.74) is -0.217. The summed E-state index contributed by atoms with van der Waals surface area (Å²) in [6.45, 7) is 2.34. The zero-order valence-electron chi connectivity index (χ0n) is 11.4. The van der Waals surface area contributed by atoms with Crippen LogP contribution in [0.2, 0.25) is 5.02 Å². The lowest BCUT2D eigenvalue weighted by atomic mass is 9.79. The average molecular weight is 315 g/mol. The van der Waals surface area contributed by atoms with Crippen LogP contribution in [0.15, 0.2) is 24.3 Å². The molecule has 0 bridgehead atoms. The summed E-state index contributed by atoms with van der Waals surface area (Å²) >= 11 is 7.71. The highest BCUT2D eigenvalue weighted by molar-refractivity contribution is 8.00. The fourth-order valence-electron chi connectivity index (χ4n) is 2.20. The largest absolute Gasteiger partial charge is 0.387 e. The van der Waals surface area contributed by atoms with Crippen molar-refractivity contribution in [2.45, 2.75) is 30.6 Å². The summed E-state index contributed by atoms with van der Waals surface area (Å²) in [5.74, 6) is 0.971. The molecule has 1 aromatic carbocycles. The summed E-state index contributed by atoms with van der Waals surface area (Å²) in [4.78, 5) is 11.8. The van der Waals surface area contributed by atoms with Crippen LogP contribution in [0.5, 0.6) is 0 Å². The maximum absolute atomic E-state index is 11.8. The number of nitrogens with one attached hydrogen (secondary N) is 2. The van der Waals surface area contributed by atoms with Crippen molar-refractivity contribution in [3.63, 3.8) is 0 Å². The maximum atomic E-state index is 11.8. The number of urea groups is 1. The zero-order chi connectivity index (χ0) is 14.6. The van der Waals surface area contributed by atoms with Crippen LogP contribution in [0.3, 0.4) is 0 Å². The number of anilines is 1. The monoisotopic (exact) mass is 314 g/mol. The van der Waals surface area contributed by atoms with Gasteiger partial charge in [-0.2, -0.15) is 11.8 Å². The lowest BCUT2D eigenvalue weighted by molar-refractivity contribution is -0.0206. The van der Waals surface area contributed by atoms with Crippen LogP contribution in [0, 0.1) is 0 Å². The van der Waals surface area contributed by atoms with Gasteiger partial charge in [-0.05, 0) is 30.7 Å². The van der Waals surface area contributed by atoms with Gasteiger partial charge in [-0.1, -0.05) is 30.7 Å². The van der Waals surface area contributed by atoms with E-state index >= 15 is 0 Å². The molecule has 110 valence electrons. The fraction of sp³-hybridized carbons (Fsp3) is 0.500. The summed E-state index contributed by atoms with van der Waals surface area (Å²) in [5, 5.41) is 16.5. The fourth-order valence-corrected chi connectivity index (χ4v) is 3.58. The van der Waals surface area contributed by atoms with Crippen LogP contribution in [0.25, 0.3) is 0 Å². The third kappa shape index (κ3) is 3.59. The molecular formula is C14H19ClN2O2S. The van der Waals surface area contributed by atoms with E-state index in [1.807, 2.05) is 0 Å². The van der Waals surface area contributed by atoms with E-state index in [1.54, 1.807) is 36.0 Å². The van der Waals surface area contributed by atoms with Crippen molar-refractivity contribution in [2.24, 2.45) is 0 Å². The van der Waals surface area contributed by atoms with E-state index in [-0.39, 0.29) is 17.8 Å². The molecule has 0 saturated heterocycles. The van der Waals surface area contributed by atoms with Gasteiger partial charge in [-0.3, -0.25) is 0 Å². The third-order valence-corrected chi connectivity index (χ3v) is 5.22. The van der Waals surface area contributed by atoms with Crippen LogP contribution in [-0.2, 0) is 0 Å². The molecule has 2 amide bonds. The van der Waals surface area contributed by atoms with E-state index in [1.165, 1.54) is 0 Å². The lowest BCUT2D eigenvalue weighted by Crippen LogP contribution is -2.57. The summed E-state index contributed by atoms with van der Waals surface area (Å²) < 4.78 is 0. The Morgan fingerprint density at radius 3 is 2.90 bits per heavy atom. The Labute approximate surface area is 128 Å². The Bertz CT molecular complexity index is 486. The van der Waals surface area contributed by atoms with Crippen molar-refractivity contribution in [1.82, 2.24) is 5.32 Å². The number of benzene rings is 1. The molecule has 6 heteroatoms. The second kappa shape index (κ2) is 6.70. The molecule has 1 aliphatic rings. The molecule has 0 radical (unpaired) electrons. The Morgan fingerprint density at radius 1 is 1.55 bits per heavy atom. The molecule has 0 unspecified atom stereocenters. The number of hydrogen-bond donors (Lipinski definition) is 3. The smallest absolute Gasteiger partial charge is 0.319 e. The van der Waals surface area contributed by atoms with Crippen LogP contribution < -0.4 is 10.6 Å². The van der Waals surface area contributed by atoms with E-state index < -0.39 is 5.60 Å². The average Bonchev–Trinajstić information content (AvgIpc) is 2.43. The second-order valence-corrected chi connectivity index (χ2v) is 6.76. The molecular weight excluding hydrogens is 296 g/mol. The lowest BCUT2D eigenvalue weighted by Gasteiger charge is -2.44. The molecule has 2 rings (SSSR count). The molecule has 0 heterocycles. The first-order valence-corrected chi connectivity index (χ1v) is 8.11. The summed E-state index contributed by atoms with van der Waals surface area (Å²) in [6, 6.07) is 6.70. The molecule has 2 atom stereocenters. The molecule has 1 saturated carbocycles. The highest BCUT2D eigenvalue weighted by atomic mass is 35.5. The van der Waals surface area contributed by atoms with E-state index in [0.717, 1.165) is 18.6 Å². The van der Waals surface area contributed by atoms with Gasteiger partial charge in [-0.15, -0.1) is 0 Å². The van der Waals surface area contributed by atoms with Crippen LogP contribution in [0.4, 0.5) is 10.5 Å². The first-order valence-electron chi connectivity index (χ1n) is 6.68. The number of carbonyl (C=O) groups is 1. The Balaban J connectivity index is 1.82. The van der Waals surface area contributed by atoms with E-state index in [2.05, 4.69) is 17.6 Å². The first-order chi connectivity index (χ1) is 9.55. The highest BCUT2D eigenvalue weighted by Crippen LogP contribution is 2.40. The number of hydrogen-bond acceptors (Lipinski definition) is 3. The van der Waals surface area contributed by atoms with Crippen LogP contribution in [0.1, 0.15) is 19.8 Å². The molecule has 1 fully saturated rings. The minimum Gasteiger partial charge on any atom is -0.387 e. The van der Waals surface area contributed by atoms with Gasteiger partial charge in [0.1, 0.15) is 0 Å². The number of halogens is 1. The predicted octanol–water partition coefficient (Wildman–Crippen LogP) is 3.11. The van der Waals surface area contributed by atoms with Crippen molar-refractivity contribution in [3.05, 3.63) is 29.3 Å². The van der Waals surface area contributed by atoms with Crippen molar-refractivity contribution >= 4 is 35.1 Å². The minimum atomic E-state index is -0.779. The molecule has 1 aliphatic carbocycles. The van der Waals surface area contributed by atoms with Gasteiger partial charge in [0.2, 0.25) is 0 Å². The quantitative estimate of drug-likeness (QED) is 0.782. The van der Waals surface area contributed by atoms with Gasteiger partial charge in [0.25, 0.3) is 0 Å². The molecule has 3 N–H and O–H groups in total. The second-order valence-electron chi connectivity index (χ2n) is 4.87. The zero-order valence-corrected chi connectivity index (χ0v) is 12.9. The molecule has 0 aliphatic heterocycles. The van der Waals surface area contributed by atoms with Gasteiger partial charge >= 0.3 is 6.03 Å². The van der Waals surface area contributed by atoms with Gasteiger partial charge in [0.05, 0.1) is 16.3 Å². The minimum absolute atomic E-state index is 0.216. The van der Waals surface area contributed by atoms with Gasteiger partial charge < -0.3 is 15.7 Å². The number of para-hydroxylation sites is 1. The van der Waals surface area contributed by atoms with Crippen LogP contribution in [-0.4, -0.2) is 34.3 Å². The standard InChI is InChI=1S/C14H19ClN2O2S/c1-2-20-12-7-8-14(12,19)9-16-13(18)17-11-6-4-3-5-10(11)15/h3-6,12,19H,2,7-9H2,1H3,(H2,16,17,18)/t12-,14-/m0/s1. The first kappa shape index (κ1) is 15.5. The third-order valence-electron chi connectivity index (χ3n) is 3.48. The highest BCUT2D eigenvalue weighted by Gasteiger charge is 2.45. The number of rotatable bonds is 5. The Kier molecular flexibility index (Phi) is 5.18. The number of carbonyl (C=O) groups excluding carboxylic acids is 1. The topological polar surface area (TPSA) is 61.4 Å². The van der Waals surface area contributed by atoms with Crippen molar-refractivity contribution in [1.29, 1.82) is 0 Å². The molecule has 1 aromatic rings. The van der Waals surface area contributed by atoms with E-state index in [4.69, 9.17) is 11.6 Å². The Hall–Kier alpha value is -0.910. The molecule has 0 spiro atoms. The van der Waals surface area contributed by atoms with Crippen LogP contribution >= 0.6 is 23.4 Å². The Morgan fingerprint density at radius 2 is 2.30 bits per heavy atom. The maximum Gasteiger partial charge on any atom is 0.319 e. The number of amides is 2. The molecule has 20 heavy (non-hydrogen) atoms. The number of aliphatic hydroxyl groups is 1. The SMILES string of the molecule is CCS[C@H]1CC[C@]1(O)CNC(=O)Nc1ccccc1Cl. The van der Waals surface area contributed by atoms with Gasteiger partial charge in [-0.25, -0.2) is 4.79 Å². The van der Waals surface area contributed by atoms with Gasteiger partial charge in [0.15, 0.2) is 0 Å². The number of thioether (sulfide) groups is 1. The van der Waals surface area contributed by atoms with Crippen molar-refractivity contribution < 1.29 is 9.90 Å². The van der Waals surface area contributed by atoms with Crippen molar-refractivity contribution in [3.8, 4) is 0 Å². The predicted molar refractivity (Wildman–Crippen MR) is 84.6 cm³/mol.